The van der Waals surface area contributed by atoms with Crippen LogP contribution in [0.3, 0.4) is 0 Å². The second-order valence-electron chi connectivity index (χ2n) is 5.45. The van der Waals surface area contributed by atoms with Crippen LogP contribution in [0.25, 0.3) is 10.8 Å². The lowest BCUT2D eigenvalue weighted by atomic mass is 9.83. The Bertz CT molecular complexity index is 610. The van der Waals surface area contributed by atoms with Gasteiger partial charge in [-0.1, -0.05) is 24.3 Å². The van der Waals surface area contributed by atoms with E-state index in [1.807, 2.05) is 37.4 Å². The Kier molecular flexibility index (Phi) is 3.07. The third-order valence-corrected chi connectivity index (χ3v) is 4.03. The van der Waals surface area contributed by atoms with Crippen molar-refractivity contribution >= 4 is 16.6 Å². The topological polar surface area (TPSA) is 42.0 Å². The van der Waals surface area contributed by atoms with E-state index >= 15 is 0 Å². The van der Waals surface area contributed by atoms with Gasteiger partial charge in [0.05, 0.1) is 5.54 Å². The van der Waals surface area contributed by atoms with Gasteiger partial charge in [-0.05, 0) is 38.1 Å². The van der Waals surface area contributed by atoms with Crippen LogP contribution < -0.4 is 5.32 Å². The van der Waals surface area contributed by atoms with Crippen LogP contribution in [0.2, 0.25) is 0 Å². The summed E-state index contributed by atoms with van der Waals surface area (Å²) >= 11 is 0. The van der Waals surface area contributed by atoms with Crippen LogP contribution in [0.4, 0.5) is 0 Å². The first kappa shape index (κ1) is 12.3. The molecule has 19 heavy (non-hydrogen) atoms. The molecule has 1 aliphatic heterocycles. The molecule has 3 rings (SSSR count). The molecule has 1 saturated heterocycles. The summed E-state index contributed by atoms with van der Waals surface area (Å²) in [4.78, 5) is 17.0. The first-order valence-electron chi connectivity index (χ1n) is 6.83. The summed E-state index contributed by atoms with van der Waals surface area (Å²) in [5.74, 6) is 0.163. The van der Waals surface area contributed by atoms with Gasteiger partial charge in [0.25, 0.3) is 0 Å². The zero-order valence-corrected chi connectivity index (χ0v) is 11.1. The van der Waals surface area contributed by atoms with E-state index in [4.69, 9.17) is 0 Å². The van der Waals surface area contributed by atoms with Gasteiger partial charge < -0.3 is 5.32 Å². The predicted octanol–water partition coefficient (Wildman–Crippen LogP) is 2.95. The van der Waals surface area contributed by atoms with Crippen LogP contribution in [0.5, 0.6) is 0 Å². The van der Waals surface area contributed by atoms with Crippen molar-refractivity contribution in [2.75, 3.05) is 6.54 Å². The van der Waals surface area contributed by atoms with Gasteiger partial charge in [-0.2, -0.15) is 0 Å². The lowest BCUT2D eigenvalue weighted by Gasteiger charge is -2.33. The summed E-state index contributed by atoms with van der Waals surface area (Å²) in [6, 6.07) is 7.93. The molecule has 1 aromatic heterocycles. The molecule has 1 unspecified atom stereocenters. The van der Waals surface area contributed by atoms with E-state index in [-0.39, 0.29) is 5.78 Å². The second-order valence-corrected chi connectivity index (χ2v) is 5.45. The molecule has 2 aromatic rings. The summed E-state index contributed by atoms with van der Waals surface area (Å²) in [7, 11) is 0. The number of aromatic nitrogens is 1. The molecule has 1 atom stereocenters. The van der Waals surface area contributed by atoms with E-state index in [9.17, 15) is 4.79 Å². The zero-order chi connectivity index (χ0) is 13.3. The van der Waals surface area contributed by atoms with Crippen molar-refractivity contribution in [3.8, 4) is 0 Å². The molecule has 0 saturated carbocycles. The first-order chi connectivity index (χ1) is 9.21. The number of Topliss-reactive ketones (excluding diaryl/α,β-unsaturated/α-hetero) is 1. The van der Waals surface area contributed by atoms with E-state index < -0.39 is 5.54 Å². The Hall–Kier alpha value is -1.74. The maximum atomic E-state index is 12.8. The van der Waals surface area contributed by atoms with Gasteiger partial charge in [0.1, 0.15) is 0 Å². The summed E-state index contributed by atoms with van der Waals surface area (Å²) < 4.78 is 0. The highest BCUT2D eigenvalue weighted by Gasteiger charge is 2.35. The minimum Gasteiger partial charge on any atom is -0.305 e. The number of benzene rings is 1. The summed E-state index contributed by atoms with van der Waals surface area (Å²) in [6.07, 6.45) is 6.66. The quantitative estimate of drug-likeness (QED) is 0.838. The van der Waals surface area contributed by atoms with Crippen molar-refractivity contribution in [1.29, 1.82) is 0 Å². The van der Waals surface area contributed by atoms with Crippen molar-refractivity contribution < 1.29 is 4.79 Å². The van der Waals surface area contributed by atoms with Crippen LogP contribution >= 0.6 is 0 Å². The molecule has 3 nitrogen and oxygen atoms in total. The molecular weight excluding hydrogens is 236 g/mol. The van der Waals surface area contributed by atoms with Crippen molar-refractivity contribution in [2.24, 2.45) is 0 Å². The van der Waals surface area contributed by atoms with Gasteiger partial charge >= 0.3 is 0 Å². The van der Waals surface area contributed by atoms with E-state index in [0.717, 1.165) is 42.1 Å². The molecule has 0 aliphatic carbocycles. The SMILES string of the molecule is CC1(C(=O)c2cncc3ccccc23)CCCCN1. The Morgan fingerprint density at radius 2 is 2.11 bits per heavy atom. The number of carbonyl (C=O) groups is 1. The maximum absolute atomic E-state index is 12.8. The number of nitrogens with zero attached hydrogens (tertiary/aromatic N) is 1. The summed E-state index contributed by atoms with van der Waals surface area (Å²) in [5, 5.41) is 5.40. The fourth-order valence-electron chi connectivity index (χ4n) is 2.84. The van der Waals surface area contributed by atoms with Gasteiger partial charge in [-0.15, -0.1) is 0 Å². The molecule has 1 N–H and O–H groups in total. The minimum atomic E-state index is -0.440. The van der Waals surface area contributed by atoms with Crippen molar-refractivity contribution in [3.05, 3.63) is 42.2 Å². The molecule has 1 aliphatic rings. The van der Waals surface area contributed by atoms with E-state index in [1.165, 1.54) is 0 Å². The Morgan fingerprint density at radius 1 is 1.26 bits per heavy atom. The molecular formula is C16H18N2O. The number of piperidine rings is 1. The fraction of sp³-hybridized carbons (Fsp3) is 0.375. The molecule has 0 spiro atoms. The largest absolute Gasteiger partial charge is 0.305 e. The number of nitrogens with one attached hydrogen (secondary N) is 1. The van der Waals surface area contributed by atoms with Gasteiger partial charge in [-0.25, -0.2) is 0 Å². The number of fused-ring (bicyclic) bond motifs is 1. The normalized spacial score (nSPS) is 23.4. The number of hydrogen-bond donors (Lipinski definition) is 1. The van der Waals surface area contributed by atoms with Gasteiger partial charge in [0, 0.05) is 23.3 Å². The molecule has 2 heterocycles. The van der Waals surface area contributed by atoms with E-state index in [1.54, 1.807) is 6.20 Å². The lowest BCUT2D eigenvalue weighted by Crippen LogP contribution is -2.52. The van der Waals surface area contributed by atoms with E-state index in [2.05, 4.69) is 10.3 Å². The predicted molar refractivity (Wildman–Crippen MR) is 76.3 cm³/mol. The molecule has 98 valence electrons. The standard InChI is InChI=1S/C16H18N2O/c1-16(8-4-5-9-18-16)15(19)14-11-17-10-12-6-2-3-7-13(12)14/h2-3,6-7,10-11,18H,4-5,8-9H2,1H3. The van der Waals surface area contributed by atoms with Gasteiger partial charge in [0.15, 0.2) is 5.78 Å². The fourth-order valence-corrected chi connectivity index (χ4v) is 2.84. The highest BCUT2D eigenvalue weighted by Crippen LogP contribution is 2.26. The maximum Gasteiger partial charge on any atom is 0.184 e. The molecule has 3 heteroatoms. The summed E-state index contributed by atoms with van der Waals surface area (Å²) in [5.41, 5.74) is 0.291. The molecule has 0 bridgehead atoms. The highest BCUT2D eigenvalue weighted by molar-refractivity contribution is 6.11. The molecule has 1 fully saturated rings. The van der Waals surface area contributed by atoms with Gasteiger partial charge in [-0.3, -0.25) is 9.78 Å². The Morgan fingerprint density at radius 3 is 2.89 bits per heavy atom. The minimum absolute atomic E-state index is 0.163. The van der Waals surface area contributed by atoms with Crippen molar-refractivity contribution in [3.63, 3.8) is 0 Å². The van der Waals surface area contributed by atoms with Crippen LogP contribution in [0.1, 0.15) is 36.5 Å². The number of carbonyl (C=O) groups excluding carboxylic acids is 1. The smallest absolute Gasteiger partial charge is 0.184 e. The third-order valence-electron chi connectivity index (χ3n) is 4.03. The summed E-state index contributed by atoms with van der Waals surface area (Å²) in [6.45, 7) is 2.93. The van der Waals surface area contributed by atoms with Crippen LogP contribution in [0, 0.1) is 0 Å². The monoisotopic (exact) mass is 254 g/mol. The number of ketones is 1. The van der Waals surface area contributed by atoms with E-state index in [0.29, 0.717) is 0 Å². The van der Waals surface area contributed by atoms with Crippen molar-refractivity contribution in [2.45, 2.75) is 31.7 Å². The molecule has 0 radical (unpaired) electrons. The van der Waals surface area contributed by atoms with Crippen molar-refractivity contribution in [1.82, 2.24) is 10.3 Å². The average Bonchev–Trinajstić information content (AvgIpc) is 2.47. The zero-order valence-electron chi connectivity index (χ0n) is 11.1. The average molecular weight is 254 g/mol. The lowest BCUT2D eigenvalue weighted by molar-refractivity contribution is 0.0836. The second kappa shape index (κ2) is 4.74. The number of pyridine rings is 1. The molecule has 0 amide bonds. The molecule has 1 aromatic carbocycles. The highest BCUT2D eigenvalue weighted by atomic mass is 16.1. The van der Waals surface area contributed by atoms with Gasteiger partial charge in [0.2, 0.25) is 0 Å². The number of rotatable bonds is 2. The Labute approximate surface area is 113 Å². The van der Waals surface area contributed by atoms with Crippen LogP contribution in [-0.4, -0.2) is 22.9 Å². The first-order valence-corrected chi connectivity index (χ1v) is 6.83. The number of hydrogen-bond acceptors (Lipinski definition) is 3. The van der Waals surface area contributed by atoms with Crippen LogP contribution in [0.15, 0.2) is 36.7 Å². The third kappa shape index (κ3) is 2.15. The Balaban J connectivity index is 2.06. The van der Waals surface area contributed by atoms with Crippen LogP contribution in [-0.2, 0) is 0 Å².